The second-order valence-electron chi connectivity index (χ2n) is 7.36. The molecule has 5 atom stereocenters. The maximum Gasteiger partial charge on any atom is 0.433 e. The Morgan fingerprint density at radius 1 is 1.16 bits per heavy atom. The predicted octanol–water partition coefficient (Wildman–Crippen LogP) is 1.70. The molecule has 5 N–H and O–H groups in total. The minimum absolute atomic E-state index is 0.180. The second-order valence-corrected chi connectivity index (χ2v) is 8.53. The smallest absolute Gasteiger partial charge is 0.433 e. The van der Waals surface area contributed by atoms with Crippen molar-refractivity contribution in [1.82, 2.24) is 10.2 Å². The van der Waals surface area contributed by atoms with Gasteiger partial charge in [0.1, 0.15) is 24.0 Å². The maximum atomic E-state index is 13.5. The summed E-state index contributed by atoms with van der Waals surface area (Å²) >= 11 is 1.64. The number of thioether (sulfide) groups is 1. The van der Waals surface area contributed by atoms with E-state index in [0.29, 0.717) is 5.56 Å². The van der Waals surface area contributed by atoms with Gasteiger partial charge in [0.25, 0.3) is 0 Å². The van der Waals surface area contributed by atoms with E-state index in [-0.39, 0.29) is 12.0 Å². The normalized spacial score (nSPS) is 26.3. The number of hydrogen-bond donors (Lipinski definition) is 5. The van der Waals surface area contributed by atoms with Crippen molar-refractivity contribution in [3.63, 3.8) is 0 Å². The Balaban J connectivity index is 1.85. The van der Waals surface area contributed by atoms with Gasteiger partial charge < -0.3 is 29.9 Å². The Labute approximate surface area is 186 Å². The van der Waals surface area contributed by atoms with E-state index in [0.717, 1.165) is 17.1 Å². The number of alkyl halides is 3. The van der Waals surface area contributed by atoms with Crippen LogP contribution in [0.3, 0.4) is 0 Å². The van der Waals surface area contributed by atoms with E-state index in [2.05, 4.69) is 12.0 Å². The largest absolute Gasteiger partial charge is 0.465 e. The van der Waals surface area contributed by atoms with Gasteiger partial charge in [-0.3, -0.25) is 5.10 Å². The van der Waals surface area contributed by atoms with E-state index >= 15 is 0 Å². The summed E-state index contributed by atoms with van der Waals surface area (Å²) in [5, 5.41) is 44.9. The molecule has 0 saturated carbocycles. The van der Waals surface area contributed by atoms with Gasteiger partial charge >= 0.3 is 6.18 Å². The molecule has 1 fully saturated rings. The summed E-state index contributed by atoms with van der Waals surface area (Å²) in [7, 11) is 0. The van der Waals surface area contributed by atoms with Gasteiger partial charge in [0, 0.05) is 11.3 Å². The van der Waals surface area contributed by atoms with Crippen molar-refractivity contribution in [2.45, 2.75) is 61.5 Å². The lowest BCUT2D eigenvalue weighted by atomic mass is 9.99. The topological polar surface area (TPSA) is 128 Å². The van der Waals surface area contributed by atoms with E-state index in [1.165, 1.54) is 0 Å². The Kier molecular flexibility index (Phi) is 8.06. The van der Waals surface area contributed by atoms with E-state index in [9.17, 15) is 28.5 Å². The fourth-order valence-electron chi connectivity index (χ4n) is 3.30. The molecule has 3 rings (SSSR count). The first-order valence-electron chi connectivity index (χ1n) is 9.99. The van der Waals surface area contributed by atoms with Crippen LogP contribution in [0.15, 0.2) is 29.2 Å². The summed E-state index contributed by atoms with van der Waals surface area (Å²) in [5.41, 5.74) is -0.861. The first kappa shape index (κ1) is 24.8. The van der Waals surface area contributed by atoms with Crippen molar-refractivity contribution in [3.8, 4) is 5.88 Å². The highest BCUT2D eigenvalue weighted by atomic mass is 32.2. The molecule has 12 heteroatoms. The zero-order valence-electron chi connectivity index (χ0n) is 17.1. The molecule has 1 aliphatic rings. The van der Waals surface area contributed by atoms with E-state index < -0.39 is 55.1 Å². The van der Waals surface area contributed by atoms with Gasteiger partial charge in [-0.15, -0.1) is 16.9 Å². The van der Waals surface area contributed by atoms with Crippen LogP contribution in [0.2, 0.25) is 0 Å². The number of rotatable bonds is 8. The highest BCUT2D eigenvalue weighted by Crippen LogP contribution is 2.37. The summed E-state index contributed by atoms with van der Waals surface area (Å²) in [4.78, 5) is 0.994. The summed E-state index contributed by atoms with van der Waals surface area (Å²) in [6.45, 7) is 1.37. The number of aromatic nitrogens is 2. The number of halogens is 3. The number of aromatic amines is 1. The number of aliphatic hydroxyl groups is 4. The summed E-state index contributed by atoms with van der Waals surface area (Å²) < 4.78 is 51.0. The van der Waals surface area contributed by atoms with Crippen LogP contribution in [0.5, 0.6) is 5.88 Å². The van der Waals surface area contributed by atoms with Gasteiger partial charge in [-0.2, -0.15) is 13.2 Å². The molecular weight excluding hydrogens is 453 g/mol. The third-order valence-electron chi connectivity index (χ3n) is 4.98. The highest BCUT2D eigenvalue weighted by Gasteiger charge is 2.46. The Morgan fingerprint density at radius 2 is 1.84 bits per heavy atom. The van der Waals surface area contributed by atoms with Crippen LogP contribution >= 0.6 is 11.8 Å². The van der Waals surface area contributed by atoms with Crippen molar-refractivity contribution in [2.24, 2.45) is 0 Å². The number of ether oxygens (including phenoxy) is 2. The van der Waals surface area contributed by atoms with Gasteiger partial charge in [-0.1, -0.05) is 19.1 Å². The summed E-state index contributed by atoms with van der Waals surface area (Å²) in [6, 6.07) is 7.05. The van der Waals surface area contributed by atoms with Crippen molar-refractivity contribution >= 4 is 11.8 Å². The third-order valence-corrected chi connectivity index (χ3v) is 6.20. The minimum atomic E-state index is -4.75. The van der Waals surface area contributed by atoms with E-state index in [1.54, 1.807) is 23.9 Å². The van der Waals surface area contributed by atoms with Gasteiger partial charge in [0.15, 0.2) is 12.4 Å². The van der Waals surface area contributed by atoms with Gasteiger partial charge in [0.05, 0.1) is 12.2 Å². The molecule has 178 valence electrons. The molecule has 0 bridgehead atoms. The first-order valence-corrected chi connectivity index (χ1v) is 11.0. The Hall–Kier alpha value is -1.83. The number of hydrogen-bond acceptors (Lipinski definition) is 8. The zero-order chi connectivity index (χ0) is 23.5. The molecule has 8 nitrogen and oxygen atoms in total. The van der Waals surface area contributed by atoms with Gasteiger partial charge in [-0.05, 0) is 29.9 Å². The average molecular weight is 478 g/mol. The number of H-pyrrole nitrogens is 1. The average Bonchev–Trinajstić information content (AvgIpc) is 3.16. The van der Waals surface area contributed by atoms with Crippen LogP contribution in [0.1, 0.15) is 30.2 Å². The summed E-state index contributed by atoms with van der Waals surface area (Å²) in [6.07, 6.45) is -12.0. The fourth-order valence-corrected chi connectivity index (χ4v) is 4.07. The van der Waals surface area contributed by atoms with Crippen molar-refractivity contribution in [1.29, 1.82) is 0 Å². The van der Waals surface area contributed by atoms with Crippen LogP contribution in [0.25, 0.3) is 0 Å². The maximum absolute atomic E-state index is 13.5. The number of benzene rings is 1. The van der Waals surface area contributed by atoms with Crippen LogP contribution in [-0.2, 0) is 17.3 Å². The van der Waals surface area contributed by atoms with Crippen LogP contribution in [0.4, 0.5) is 13.2 Å². The van der Waals surface area contributed by atoms with Crippen LogP contribution in [-0.4, -0.2) is 73.7 Å². The molecule has 2 aromatic rings. The molecule has 1 aromatic carbocycles. The van der Waals surface area contributed by atoms with E-state index in [4.69, 9.17) is 14.6 Å². The Bertz CT molecular complexity index is 879. The minimum Gasteiger partial charge on any atom is -0.465 e. The quantitative estimate of drug-likeness (QED) is 0.363. The number of aliphatic hydroxyl groups excluding tert-OH is 4. The molecule has 2 heterocycles. The lowest BCUT2D eigenvalue weighted by molar-refractivity contribution is -0.281. The third kappa shape index (κ3) is 5.56. The molecule has 1 saturated heterocycles. The number of nitrogens with zero attached hydrogens (tertiary/aromatic N) is 1. The zero-order valence-corrected chi connectivity index (χ0v) is 17.9. The molecule has 0 amide bonds. The van der Waals surface area contributed by atoms with Crippen LogP contribution < -0.4 is 4.74 Å². The standard InChI is InChI=1S/C20H25F3N2O6S/c1-2-7-32-11-5-3-10(4-6-11)8-12-17(20(21,22)23)24-25-18(12)31-16-15(28)14(27)13(9-26)30-19(16)29/h3-6,13-16,19,26-29H,2,7-9H2,1H3,(H,24,25)/t13-,14-,15+,16-,19-/m1/s1. The van der Waals surface area contributed by atoms with Gasteiger partial charge in [-0.25, -0.2) is 0 Å². The predicted molar refractivity (Wildman–Crippen MR) is 108 cm³/mol. The molecule has 0 unspecified atom stereocenters. The van der Waals surface area contributed by atoms with Crippen molar-refractivity contribution < 1.29 is 43.1 Å². The lowest BCUT2D eigenvalue weighted by Gasteiger charge is -2.39. The lowest BCUT2D eigenvalue weighted by Crippen LogP contribution is -2.60. The molecule has 0 aliphatic carbocycles. The monoisotopic (exact) mass is 478 g/mol. The molecule has 32 heavy (non-hydrogen) atoms. The molecule has 0 spiro atoms. The second kappa shape index (κ2) is 10.4. The van der Waals surface area contributed by atoms with Crippen molar-refractivity contribution in [3.05, 3.63) is 41.1 Å². The molecular formula is C20H25F3N2O6S. The summed E-state index contributed by atoms with van der Waals surface area (Å²) in [5.74, 6) is 0.442. The molecule has 1 aromatic heterocycles. The number of nitrogens with one attached hydrogen (secondary N) is 1. The first-order chi connectivity index (χ1) is 15.2. The molecule has 1 aliphatic heterocycles. The van der Waals surface area contributed by atoms with Crippen molar-refractivity contribution in [2.75, 3.05) is 12.4 Å². The molecule has 0 radical (unpaired) electrons. The SMILES string of the molecule is CCCSc1ccc(Cc2c(O[C@@H]3[C@@H](O)[C@H](O)[C@@H](CO)O[C@H]3O)n[nH]c2C(F)(F)F)cc1. The van der Waals surface area contributed by atoms with Crippen LogP contribution in [0, 0.1) is 0 Å². The highest BCUT2D eigenvalue weighted by molar-refractivity contribution is 7.99. The fraction of sp³-hybridized carbons (Fsp3) is 0.550. The van der Waals surface area contributed by atoms with Gasteiger partial charge in [0.2, 0.25) is 5.88 Å². The van der Waals surface area contributed by atoms with E-state index in [1.807, 2.05) is 17.2 Å². The Morgan fingerprint density at radius 3 is 2.44 bits per heavy atom.